The SMILES string of the molecule is Cc1nn(C)c(Cl)c1CNCC(O)c1ccncc1. The quantitative estimate of drug-likeness (QED) is 0.873. The summed E-state index contributed by atoms with van der Waals surface area (Å²) in [5, 5.41) is 18.1. The van der Waals surface area contributed by atoms with Crippen LogP contribution in [0.5, 0.6) is 0 Å². The highest BCUT2D eigenvalue weighted by Gasteiger charge is 2.12. The minimum absolute atomic E-state index is 0.453. The van der Waals surface area contributed by atoms with Gasteiger partial charge < -0.3 is 10.4 Å². The van der Waals surface area contributed by atoms with E-state index in [1.165, 1.54) is 0 Å². The Morgan fingerprint density at radius 1 is 1.42 bits per heavy atom. The molecule has 0 aromatic carbocycles. The van der Waals surface area contributed by atoms with Crippen molar-refractivity contribution in [1.82, 2.24) is 20.1 Å². The van der Waals surface area contributed by atoms with Gasteiger partial charge in [0, 0.05) is 38.1 Å². The van der Waals surface area contributed by atoms with E-state index in [9.17, 15) is 5.11 Å². The molecule has 0 spiro atoms. The van der Waals surface area contributed by atoms with Crippen LogP contribution in [0.3, 0.4) is 0 Å². The summed E-state index contributed by atoms with van der Waals surface area (Å²) in [6, 6.07) is 3.60. The molecule has 1 atom stereocenters. The summed E-state index contributed by atoms with van der Waals surface area (Å²) in [7, 11) is 1.81. The van der Waals surface area contributed by atoms with Crippen LogP contribution in [0.1, 0.15) is 22.9 Å². The molecule has 0 aliphatic heterocycles. The molecule has 2 aromatic rings. The van der Waals surface area contributed by atoms with E-state index in [2.05, 4.69) is 15.4 Å². The number of nitrogens with zero attached hydrogens (tertiary/aromatic N) is 3. The molecule has 0 bridgehead atoms. The lowest BCUT2D eigenvalue weighted by atomic mass is 10.1. The lowest BCUT2D eigenvalue weighted by Gasteiger charge is -2.11. The summed E-state index contributed by atoms with van der Waals surface area (Å²) >= 11 is 6.14. The highest BCUT2D eigenvalue weighted by Crippen LogP contribution is 2.18. The first-order valence-electron chi connectivity index (χ1n) is 6.06. The minimum atomic E-state index is -0.557. The van der Waals surface area contributed by atoms with Gasteiger partial charge in [0.2, 0.25) is 0 Å². The second-order valence-corrected chi connectivity index (χ2v) is 4.76. The fraction of sp³-hybridized carbons (Fsp3) is 0.385. The molecule has 1 unspecified atom stereocenters. The van der Waals surface area contributed by atoms with Crippen molar-refractivity contribution in [2.75, 3.05) is 6.54 Å². The molecule has 2 aromatic heterocycles. The number of nitrogens with one attached hydrogen (secondary N) is 1. The maximum absolute atomic E-state index is 10.00. The van der Waals surface area contributed by atoms with Gasteiger partial charge in [-0.2, -0.15) is 5.10 Å². The lowest BCUT2D eigenvalue weighted by molar-refractivity contribution is 0.174. The monoisotopic (exact) mass is 280 g/mol. The van der Waals surface area contributed by atoms with Crippen LogP contribution in [0.25, 0.3) is 0 Å². The van der Waals surface area contributed by atoms with Crippen LogP contribution in [0.15, 0.2) is 24.5 Å². The van der Waals surface area contributed by atoms with E-state index in [0.717, 1.165) is 16.8 Å². The standard InChI is InChI=1S/C13H17ClN4O/c1-9-11(13(14)18(2)17-9)7-16-8-12(19)10-3-5-15-6-4-10/h3-6,12,16,19H,7-8H2,1-2H3. The second kappa shape index (κ2) is 6.14. The van der Waals surface area contributed by atoms with Gasteiger partial charge in [0.05, 0.1) is 11.8 Å². The van der Waals surface area contributed by atoms with Crippen molar-refractivity contribution in [1.29, 1.82) is 0 Å². The van der Waals surface area contributed by atoms with Gasteiger partial charge in [-0.15, -0.1) is 0 Å². The van der Waals surface area contributed by atoms with Crippen LogP contribution in [-0.2, 0) is 13.6 Å². The predicted molar refractivity (Wildman–Crippen MR) is 73.9 cm³/mol. The third kappa shape index (κ3) is 3.32. The molecule has 6 heteroatoms. The van der Waals surface area contributed by atoms with Gasteiger partial charge in [0.15, 0.2) is 0 Å². The molecule has 0 amide bonds. The zero-order valence-electron chi connectivity index (χ0n) is 11.0. The first kappa shape index (κ1) is 14.0. The molecule has 2 heterocycles. The van der Waals surface area contributed by atoms with Crippen molar-refractivity contribution in [3.8, 4) is 0 Å². The van der Waals surface area contributed by atoms with Gasteiger partial charge in [-0.25, -0.2) is 0 Å². The number of rotatable bonds is 5. The molecule has 2 N–H and O–H groups in total. The van der Waals surface area contributed by atoms with Crippen LogP contribution >= 0.6 is 11.6 Å². The molecular formula is C13H17ClN4O. The minimum Gasteiger partial charge on any atom is -0.387 e. The topological polar surface area (TPSA) is 63.0 Å². The van der Waals surface area contributed by atoms with Crippen LogP contribution in [0.2, 0.25) is 5.15 Å². The highest BCUT2D eigenvalue weighted by atomic mass is 35.5. The molecule has 102 valence electrons. The van der Waals surface area contributed by atoms with Crippen LogP contribution in [-0.4, -0.2) is 26.4 Å². The fourth-order valence-corrected chi connectivity index (χ4v) is 2.15. The Morgan fingerprint density at radius 2 is 2.11 bits per heavy atom. The predicted octanol–water partition coefficient (Wildman–Crippen LogP) is 1.60. The largest absolute Gasteiger partial charge is 0.387 e. The number of aliphatic hydroxyl groups is 1. The molecule has 0 saturated carbocycles. The van der Waals surface area contributed by atoms with Crippen molar-refractivity contribution >= 4 is 11.6 Å². The number of hydrogen-bond donors (Lipinski definition) is 2. The number of halogens is 1. The first-order valence-corrected chi connectivity index (χ1v) is 6.44. The van der Waals surface area contributed by atoms with Crippen LogP contribution in [0.4, 0.5) is 0 Å². The van der Waals surface area contributed by atoms with E-state index in [1.54, 1.807) is 29.2 Å². The summed E-state index contributed by atoms with van der Waals surface area (Å²) in [6.45, 7) is 2.96. The van der Waals surface area contributed by atoms with Gasteiger partial charge in [-0.05, 0) is 24.6 Å². The van der Waals surface area contributed by atoms with Gasteiger partial charge in [0.25, 0.3) is 0 Å². The average Bonchev–Trinajstić information content (AvgIpc) is 2.66. The number of hydrogen-bond acceptors (Lipinski definition) is 4. The van der Waals surface area contributed by atoms with E-state index in [0.29, 0.717) is 18.2 Å². The maximum Gasteiger partial charge on any atom is 0.131 e. The second-order valence-electron chi connectivity index (χ2n) is 4.41. The zero-order chi connectivity index (χ0) is 13.8. The summed E-state index contributed by atoms with van der Waals surface area (Å²) in [5.41, 5.74) is 2.71. The third-order valence-corrected chi connectivity index (χ3v) is 3.47. The number of aromatic nitrogens is 3. The summed E-state index contributed by atoms with van der Waals surface area (Å²) < 4.78 is 1.65. The third-order valence-electron chi connectivity index (χ3n) is 3.00. The normalized spacial score (nSPS) is 12.6. The Bertz CT molecular complexity index is 541. The van der Waals surface area contributed by atoms with E-state index >= 15 is 0 Å². The fourth-order valence-electron chi connectivity index (χ4n) is 1.91. The zero-order valence-corrected chi connectivity index (χ0v) is 11.7. The Hall–Kier alpha value is -1.43. The molecule has 2 rings (SSSR count). The first-order chi connectivity index (χ1) is 9.09. The Kier molecular flexibility index (Phi) is 4.52. The average molecular weight is 281 g/mol. The maximum atomic E-state index is 10.00. The van der Waals surface area contributed by atoms with Gasteiger partial charge in [-0.1, -0.05) is 11.6 Å². The number of pyridine rings is 1. The molecule has 5 nitrogen and oxygen atoms in total. The Labute approximate surface area is 117 Å². The van der Waals surface area contributed by atoms with E-state index in [-0.39, 0.29) is 0 Å². The van der Waals surface area contributed by atoms with Crippen molar-refractivity contribution in [2.24, 2.45) is 7.05 Å². The molecule has 0 aliphatic carbocycles. The molecule has 0 fully saturated rings. The molecule has 0 aliphatic rings. The van der Waals surface area contributed by atoms with E-state index in [1.807, 2.05) is 14.0 Å². The summed E-state index contributed by atoms with van der Waals surface area (Å²) in [5.74, 6) is 0. The smallest absolute Gasteiger partial charge is 0.131 e. The lowest BCUT2D eigenvalue weighted by Crippen LogP contribution is -2.21. The van der Waals surface area contributed by atoms with Crippen molar-refractivity contribution in [3.05, 3.63) is 46.5 Å². The van der Waals surface area contributed by atoms with Crippen molar-refractivity contribution in [3.63, 3.8) is 0 Å². The van der Waals surface area contributed by atoms with Gasteiger partial charge in [-0.3, -0.25) is 9.67 Å². The van der Waals surface area contributed by atoms with Crippen molar-refractivity contribution in [2.45, 2.75) is 19.6 Å². The molecular weight excluding hydrogens is 264 g/mol. The van der Waals surface area contributed by atoms with E-state index in [4.69, 9.17) is 11.6 Å². The molecule has 19 heavy (non-hydrogen) atoms. The number of aryl methyl sites for hydroxylation is 2. The Balaban J connectivity index is 1.90. The van der Waals surface area contributed by atoms with Crippen LogP contribution < -0.4 is 5.32 Å². The molecule has 0 radical (unpaired) electrons. The molecule has 0 saturated heterocycles. The summed E-state index contributed by atoms with van der Waals surface area (Å²) in [6.07, 6.45) is 2.78. The van der Waals surface area contributed by atoms with Crippen molar-refractivity contribution < 1.29 is 5.11 Å². The van der Waals surface area contributed by atoms with Crippen LogP contribution in [0, 0.1) is 6.92 Å². The number of aliphatic hydroxyl groups excluding tert-OH is 1. The van der Waals surface area contributed by atoms with Gasteiger partial charge >= 0.3 is 0 Å². The summed E-state index contributed by atoms with van der Waals surface area (Å²) in [4.78, 5) is 3.92. The van der Waals surface area contributed by atoms with Gasteiger partial charge in [0.1, 0.15) is 5.15 Å². The highest BCUT2D eigenvalue weighted by molar-refractivity contribution is 6.30. The van der Waals surface area contributed by atoms with E-state index < -0.39 is 6.10 Å². The Morgan fingerprint density at radius 3 is 2.68 bits per heavy atom.